The summed E-state index contributed by atoms with van der Waals surface area (Å²) in [5.41, 5.74) is 0.855. The molecule has 98 valence electrons. The molecule has 4 heteroatoms. The van der Waals surface area contributed by atoms with Crippen LogP contribution in [-0.2, 0) is 4.74 Å². The van der Waals surface area contributed by atoms with Gasteiger partial charge in [-0.05, 0) is 25.0 Å². The van der Waals surface area contributed by atoms with Crippen LogP contribution in [0.5, 0.6) is 5.75 Å². The Morgan fingerprint density at radius 1 is 1.33 bits per heavy atom. The van der Waals surface area contributed by atoms with Crippen molar-refractivity contribution in [3.05, 3.63) is 24.0 Å². The van der Waals surface area contributed by atoms with Crippen molar-refractivity contribution in [3.63, 3.8) is 0 Å². The van der Waals surface area contributed by atoms with E-state index in [0.29, 0.717) is 25.0 Å². The molecular weight excluding hydrogens is 233 g/mol. The molecule has 1 fully saturated rings. The number of rotatable bonds is 3. The molecule has 1 aromatic rings. The summed E-state index contributed by atoms with van der Waals surface area (Å²) in [5, 5.41) is 3.24. The SMILES string of the molecule is Fc1ccc2c(c1)OC(COC1CCCC1)CN2. The number of halogens is 1. The lowest BCUT2D eigenvalue weighted by Gasteiger charge is -2.28. The first kappa shape index (κ1) is 11.8. The summed E-state index contributed by atoms with van der Waals surface area (Å²) < 4.78 is 24.7. The van der Waals surface area contributed by atoms with Crippen molar-refractivity contribution in [2.75, 3.05) is 18.5 Å². The van der Waals surface area contributed by atoms with E-state index >= 15 is 0 Å². The predicted molar refractivity (Wildman–Crippen MR) is 67.5 cm³/mol. The lowest BCUT2D eigenvalue weighted by Crippen LogP contribution is -2.35. The van der Waals surface area contributed by atoms with Crippen LogP contribution in [0.15, 0.2) is 18.2 Å². The van der Waals surface area contributed by atoms with E-state index in [4.69, 9.17) is 9.47 Å². The van der Waals surface area contributed by atoms with Gasteiger partial charge in [-0.1, -0.05) is 12.8 Å². The molecule has 1 atom stereocenters. The first-order valence-corrected chi connectivity index (χ1v) is 6.63. The minimum atomic E-state index is -0.270. The Labute approximate surface area is 106 Å². The second-order valence-electron chi connectivity index (χ2n) is 5.00. The van der Waals surface area contributed by atoms with Crippen molar-refractivity contribution in [1.82, 2.24) is 0 Å². The van der Waals surface area contributed by atoms with Gasteiger partial charge >= 0.3 is 0 Å². The van der Waals surface area contributed by atoms with Gasteiger partial charge in [-0.25, -0.2) is 4.39 Å². The highest BCUT2D eigenvalue weighted by atomic mass is 19.1. The van der Waals surface area contributed by atoms with Crippen molar-refractivity contribution in [2.24, 2.45) is 0 Å². The molecule has 1 unspecified atom stereocenters. The Bertz CT molecular complexity index is 418. The number of ether oxygens (including phenoxy) is 2. The van der Waals surface area contributed by atoms with Crippen LogP contribution >= 0.6 is 0 Å². The summed E-state index contributed by atoms with van der Waals surface area (Å²) in [7, 11) is 0. The lowest BCUT2D eigenvalue weighted by molar-refractivity contribution is 0.00579. The molecule has 0 bridgehead atoms. The molecule has 0 amide bonds. The van der Waals surface area contributed by atoms with Gasteiger partial charge in [-0.2, -0.15) is 0 Å². The third kappa shape index (κ3) is 2.58. The molecule has 0 radical (unpaired) electrons. The Morgan fingerprint density at radius 2 is 2.17 bits per heavy atom. The van der Waals surface area contributed by atoms with Crippen LogP contribution in [0, 0.1) is 5.82 Å². The molecule has 2 aliphatic rings. The predicted octanol–water partition coefficient (Wildman–Crippen LogP) is 2.96. The topological polar surface area (TPSA) is 30.5 Å². The van der Waals surface area contributed by atoms with Gasteiger partial charge < -0.3 is 14.8 Å². The first-order valence-electron chi connectivity index (χ1n) is 6.63. The highest BCUT2D eigenvalue weighted by Gasteiger charge is 2.22. The van der Waals surface area contributed by atoms with E-state index in [1.807, 2.05) is 0 Å². The van der Waals surface area contributed by atoms with Crippen LogP contribution in [0.3, 0.4) is 0 Å². The van der Waals surface area contributed by atoms with Crippen molar-refractivity contribution in [2.45, 2.75) is 37.9 Å². The summed E-state index contributed by atoms with van der Waals surface area (Å²) in [4.78, 5) is 0. The number of fused-ring (bicyclic) bond motifs is 1. The second-order valence-corrected chi connectivity index (χ2v) is 5.00. The fourth-order valence-electron chi connectivity index (χ4n) is 2.58. The smallest absolute Gasteiger partial charge is 0.145 e. The Morgan fingerprint density at radius 3 is 3.00 bits per heavy atom. The van der Waals surface area contributed by atoms with Gasteiger partial charge in [0.15, 0.2) is 0 Å². The highest BCUT2D eigenvalue weighted by molar-refractivity contribution is 5.57. The normalized spacial score (nSPS) is 23.3. The van der Waals surface area contributed by atoms with Gasteiger partial charge in [0.1, 0.15) is 17.7 Å². The van der Waals surface area contributed by atoms with Crippen molar-refractivity contribution >= 4 is 5.69 Å². The minimum Gasteiger partial charge on any atom is -0.484 e. The Hall–Kier alpha value is -1.29. The molecule has 18 heavy (non-hydrogen) atoms. The fraction of sp³-hybridized carbons (Fsp3) is 0.571. The molecule has 1 aliphatic carbocycles. The van der Waals surface area contributed by atoms with E-state index in [1.165, 1.54) is 25.0 Å². The van der Waals surface area contributed by atoms with Gasteiger partial charge in [-0.15, -0.1) is 0 Å². The number of benzene rings is 1. The molecule has 1 aromatic carbocycles. The van der Waals surface area contributed by atoms with E-state index in [-0.39, 0.29) is 11.9 Å². The van der Waals surface area contributed by atoms with Crippen LogP contribution in [0.4, 0.5) is 10.1 Å². The van der Waals surface area contributed by atoms with Crippen LogP contribution < -0.4 is 10.1 Å². The van der Waals surface area contributed by atoms with Gasteiger partial charge in [0.2, 0.25) is 0 Å². The maximum atomic E-state index is 13.1. The second kappa shape index (κ2) is 5.14. The van der Waals surface area contributed by atoms with Gasteiger partial charge in [-0.3, -0.25) is 0 Å². The molecule has 3 rings (SSSR count). The van der Waals surface area contributed by atoms with E-state index < -0.39 is 0 Å². The molecule has 1 aliphatic heterocycles. The van der Waals surface area contributed by atoms with Crippen molar-refractivity contribution in [3.8, 4) is 5.75 Å². The summed E-state index contributed by atoms with van der Waals surface area (Å²) in [6, 6.07) is 4.56. The average Bonchev–Trinajstić information content (AvgIpc) is 2.89. The number of hydrogen-bond acceptors (Lipinski definition) is 3. The van der Waals surface area contributed by atoms with Crippen LogP contribution in [0.25, 0.3) is 0 Å². The van der Waals surface area contributed by atoms with E-state index in [9.17, 15) is 4.39 Å². The van der Waals surface area contributed by atoms with Crippen LogP contribution in [0.1, 0.15) is 25.7 Å². The molecule has 0 saturated heterocycles. The van der Waals surface area contributed by atoms with Crippen LogP contribution in [0.2, 0.25) is 0 Å². The molecule has 0 aromatic heterocycles. The van der Waals surface area contributed by atoms with Crippen molar-refractivity contribution < 1.29 is 13.9 Å². The van der Waals surface area contributed by atoms with E-state index in [1.54, 1.807) is 6.07 Å². The zero-order chi connectivity index (χ0) is 12.4. The van der Waals surface area contributed by atoms with E-state index in [2.05, 4.69) is 5.32 Å². The largest absolute Gasteiger partial charge is 0.484 e. The molecule has 3 nitrogen and oxygen atoms in total. The maximum Gasteiger partial charge on any atom is 0.145 e. The van der Waals surface area contributed by atoms with Gasteiger partial charge in [0.05, 0.1) is 24.9 Å². The van der Waals surface area contributed by atoms with Gasteiger partial charge in [0, 0.05) is 6.07 Å². The summed E-state index contributed by atoms with van der Waals surface area (Å²) in [6.45, 7) is 1.29. The molecular formula is C14H18FNO2. The third-order valence-electron chi connectivity index (χ3n) is 3.58. The maximum absolute atomic E-state index is 13.1. The minimum absolute atomic E-state index is 0.0279. The lowest BCUT2D eigenvalue weighted by atomic mass is 10.2. The molecule has 0 spiro atoms. The number of nitrogens with one attached hydrogen (secondary N) is 1. The number of anilines is 1. The summed E-state index contributed by atoms with van der Waals surface area (Å²) in [6.07, 6.45) is 5.21. The monoisotopic (exact) mass is 251 g/mol. The van der Waals surface area contributed by atoms with Crippen molar-refractivity contribution in [1.29, 1.82) is 0 Å². The Kier molecular flexibility index (Phi) is 3.37. The summed E-state index contributed by atoms with van der Waals surface area (Å²) >= 11 is 0. The molecule has 1 saturated carbocycles. The zero-order valence-electron chi connectivity index (χ0n) is 10.3. The average molecular weight is 251 g/mol. The fourth-order valence-corrected chi connectivity index (χ4v) is 2.58. The zero-order valence-corrected chi connectivity index (χ0v) is 10.3. The summed E-state index contributed by atoms with van der Waals surface area (Å²) in [5.74, 6) is 0.314. The highest BCUT2D eigenvalue weighted by Crippen LogP contribution is 2.30. The molecule has 1 N–H and O–H groups in total. The number of hydrogen-bond donors (Lipinski definition) is 1. The molecule has 1 heterocycles. The van der Waals surface area contributed by atoms with Gasteiger partial charge in [0.25, 0.3) is 0 Å². The first-order chi connectivity index (χ1) is 8.81. The Balaban J connectivity index is 1.56. The van der Waals surface area contributed by atoms with E-state index in [0.717, 1.165) is 18.5 Å². The quantitative estimate of drug-likeness (QED) is 0.896. The van der Waals surface area contributed by atoms with Crippen LogP contribution in [-0.4, -0.2) is 25.4 Å². The standard InChI is InChI=1S/C14H18FNO2/c15-10-5-6-13-14(7-10)18-12(8-16-13)9-17-11-3-1-2-4-11/h5-7,11-12,16H,1-4,8-9H2. The third-order valence-corrected chi connectivity index (χ3v) is 3.58.